The third-order valence-electron chi connectivity index (χ3n) is 2.74. The molecule has 80 valence electrons. The van der Waals surface area contributed by atoms with E-state index in [9.17, 15) is 9.59 Å². The SMILES string of the molecule is CC1(C)CC(=O)C(n2ccnc2)C(=O)C1. The van der Waals surface area contributed by atoms with Crippen LogP contribution in [0.1, 0.15) is 32.7 Å². The molecule has 15 heavy (non-hydrogen) atoms. The molecule has 0 atom stereocenters. The van der Waals surface area contributed by atoms with E-state index in [4.69, 9.17) is 0 Å². The van der Waals surface area contributed by atoms with Crippen molar-refractivity contribution in [2.24, 2.45) is 5.41 Å². The summed E-state index contributed by atoms with van der Waals surface area (Å²) in [6.45, 7) is 3.90. The van der Waals surface area contributed by atoms with Crippen LogP contribution in [0.3, 0.4) is 0 Å². The fourth-order valence-electron chi connectivity index (χ4n) is 2.13. The standard InChI is InChI=1S/C11H14N2O2/c1-11(2)5-8(14)10(9(15)6-11)13-4-3-12-7-13/h3-4,7,10H,5-6H2,1-2H3. The second-order valence-corrected chi connectivity index (χ2v) is 4.86. The van der Waals surface area contributed by atoms with Crippen molar-refractivity contribution in [3.05, 3.63) is 18.7 Å². The van der Waals surface area contributed by atoms with Crippen LogP contribution in [0.25, 0.3) is 0 Å². The minimum Gasteiger partial charge on any atom is -0.320 e. The van der Waals surface area contributed by atoms with Crippen LogP contribution < -0.4 is 0 Å². The maximum absolute atomic E-state index is 11.8. The predicted octanol–water partition coefficient (Wildman–Crippen LogP) is 1.38. The molecule has 0 bridgehead atoms. The first-order chi connectivity index (χ1) is 6.99. The molecule has 4 heteroatoms. The first kappa shape index (κ1) is 10.1. The molecule has 0 unspecified atom stereocenters. The molecule has 4 nitrogen and oxygen atoms in total. The molecule has 1 saturated carbocycles. The number of rotatable bonds is 1. The van der Waals surface area contributed by atoms with Crippen LogP contribution in [0.2, 0.25) is 0 Å². The molecular weight excluding hydrogens is 192 g/mol. The lowest BCUT2D eigenvalue weighted by atomic mass is 9.74. The van der Waals surface area contributed by atoms with Crippen molar-refractivity contribution < 1.29 is 9.59 Å². The smallest absolute Gasteiger partial charge is 0.163 e. The van der Waals surface area contributed by atoms with Gasteiger partial charge in [0.25, 0.3) is 0 Å². The van der Waals surface area contributed by atoms with E-state index in [0.29, 0.717) is 12.8 Å². The van der Waals surface area contributed by atoms with Crippen LogP contribution in [-0.2, 0) is 9.59 Å². The van der Waals surface area contributed by atoms with E-state index in [1.165, 1.54) is 6.33 Å². The van der Waals surface area contributed by atoms with E-state index in [-0.39, 0.29) is 17.0 Å². The fourth-order valence-corrected chi connectivity index (χ4v) is 2.13. The van der Waals surface area contributed by atoms with E-state index in [1.54, 1.807) is 17.0 Å². The van der Waals surface area contributed by atoms with E-state index < -0.39 is 6.04 Å². The quantitative estimate of drug-likeness (QED) is 0.652. The molecule has 1 aliphatic rings. The lowest BCUT2D eigenvalue weighted by Gasteiger charge is -2.32. The van der Waals surface area contributed by atoms with Gasteiger partial charge in [0.05, 0.1) is 6.33 Å². The summed E-state index contributed by atoms with van der Waals surface area (Å²) in [5.41, 5.74) is -0.189. The van der Waals surface area contributed by atoms with Gasteiger partial charge in [0.1, 0.15) is 0 Å². The highest BCUT2D eigenvalue weighted by Gasteiger charge is 2.40. The van der Waals surface area contributed by atoms with Crippen molar-refractivity contribution in [3.63, 3.8) is 0 Å². The number of ketones is 2. The number of imidazole rings is 1. The van der Waals surface area contributed by atoms with Crippen LogP contribution >= 0.6 is 0 Å². The Labute approximate surface area is 88.3 Å². The van der Waals surface area contributed by atoms with E-state index in [0.717, 1.165) is 0 Å². The minimum absolute atomic E-state index is 0.00532. The molecule has 0 amide bonds. The van der Waals surface area contributed by atoms with Gasteiger partial charge in [-0.1, -0.05) is 13.8 Å². The summed E-state index contributed by atoms with van der Waals surface area (Å²) < 4.78 is 1.60. The van der Waals surface area contributed by atoms with Gasteiger partial charge in [-0.05, 0) is 5.41 Å². The highest BCUT2D eigenvalue weighted by molar-refractivity contribution is 6.07. The third kappa shape index (κ3) is 1.84. The van der Waals surface area contributed by atoms with Crippen molar-refractivity contribution in [3.8, 4) is 0 Å². The third-order valence-corrected chi connectivity index (χ3v) is 2.74. The zero-order chi connectivity index (χ0) is 11.1. The van der Waals surface area contributed by atoms with Gasteiger partial charge in [-0.2, -0.15) is 0 Å². The Bertz CT molecular complexity index is 373. The van der Waals surface area contributed by atoms with Gasteiger partial charge in [0, 0.05) is 25.2 Å². The van der Waals surface area contributed by atoms with Gasteiger partial charge in [-0.25, -0.2) is 4.98 Å². The number of Topliss-reactive ketones (excluding diaryl/α,β-unsaturated/α-hetero) is 2. The average molecular weight is 206 g/mol. The highest BCUT2D eigenvalue weighted by Crippen LogP contribution is 2.35. The maximum atomic E-state index is 11.8. The summed E-state index contributed by atoms with van der Waals surface area (Å²) in [7, 11) is 0. The second kappa shape index (κ2) is 3.29. The molecule has 2 rings (SSSR count). The second-order valence-electron chi connectivity index (χ2n) is 4.86. The van der Waals surface area contributed by atoms with E-state index >= 15 is 0 Å². The average Bonchev–Trinajstić information content (AvgIpc) is 2.52. The zero-order valence-electron chi connectivity index (χ0n) is 8.93. The number of carbonyl (C=O) groups is 2. The molecule has 0 aliphatic heterocycles. The Kier molecular flexibility index (Phi) is 2.21. The summed E-state index contributed by atoms with van der Waals surface area (Å²) >= 11 is 0. The van der Waals surface area contributed by atoms with Gasteiger partial charge in [-0.15, -0.1) is 0 Å². The van der Waals surface area contributed by atoms with E-state index in [2.05, 4.69) is 4.98 Å². The number of hydrogen-bond acceptors (Lipinski definition) is 3. The Hall–Kier alpha value is -1.45. The van der Waals surface area contributed by atoms with Gasteiger partial charge in [0.2, 0.25) is 0 Å². The van der Waals surface area contributed by atoms with Gasteiger partial charge < -0.3 is 4.57 Å². The van der Waals surface area contributed by atoms with Crippen molar-refractivity contribution in [2.45, 2.75) is 32.7 Å². The fraction of sp³-hybridized carbons (Fsp3) is 0.545. The van der Waals surface area contributed by atoms with Crippen molar-refractivity contribution in [1.29, 1.82) is 0 Å². The highest BCUT2D eigenvalue weighted by atomic mass is 16.2. The van der Waals surface area contributed by atoms with Crippen LogP contribution in [0.15, 0.2) is 18.7 Å². The Morgan fingerprint density at radius 2 is 1.93 bits per heavy atom. The Morgan fingerprint density at radius 1 is 1.33 bits per heavy atom. The van der Waals surface area contributed by atoms with Crippen molar-refractivity contribution in [1.82, 2.24) is 9.55 Å². The molecule has 0 radical (unpaired) electrons. The topological polar surface area (TPSA) is 52.0 Å². The molecule has 1 aromatic heterocycles. The summed E-state index contributed by atoms with van der Waals surface area (Å²) in [5.74, 6) is -0.0106. The molecular formula is C11H14N2O2. The molecule has 1 aliphatic carbocycles. The van der Waals surface area contributed by atoms with Gasteiger partial charge in [0.15, 0.2) is 17.6 Å². The first-order valence-corrected chi connectivity index (χ1v) is 5.02. The van der Waals surface area contributed by atoms with E-state index in [1.807, 2.05) is 13.8 Å². The van der Waals surface area contributed by atoms with Gasteiger partial charge >= 0.3 is 0 Å². The minimum atomic E-state index is -0.638. The predicted molar refractivity (Wildman–Crippen MR) is 54.3 cm³/mol. The van der Waals surface area contributed by atoms with Crippen LogP contribution in [0, 0.1) is 5.41 Å². The lowest BCUT2D eigenvalue weighted by Crippen LogP contribution is -2.38. The molecule has 1 fully saturated rings. The molecule has 0 saturated heterocycles. The molecule has 0 aromatic carbocycles. The summed E-state index contributed by atoms with van der Waals surface area (Å²) in [4.78, 5) is 27.6. The number of hydrogen-bond donors (Lipinski definition) is 0. The monoisotopic (exact) mass is 206 g/mol. The summed E-state index contributed by atoms with van der Waals surface area (Å²) in [6.07, 6.45) is 5.70. The Balaban J connectivity index is 2.29. The summed E-state index contributed by atoms with van der Waals surface area (Å²) in [5, 5.41) is 0. The molecule has 1 heterocycles. The van der Waals surface area contributed by atoms with Crippen molar-refractivity contribution >= 4 is 11.6 Å². The van der Waals surface area contributed by atoms with Crippen LogP contribution in [-0.4, -0.2) is 21.1 Å². The van der Waals surface area contributed by atoms with Gasteiger partial charge in [-0.3, -0.25) is 9.59 Å². The Morgan fingerprint density at radius 3 is 2.40 bits per heavy atom. The lowest BCUT2D eigenvalue weighted by molar-refractivity contribution is -0.138. The molecule has 0 N–H and O–H groups in total. The molecule has 0 spiro atoms. The van der Waals surface area contributed by atoms with Crippen LogP contribution in [0.5, 0.6) is 0 Å². The largest absolute Gasteiger partial charge is 0.320 e. The zero-order valence-corrected chi connectivity index (χ0v) is 8.93. The number of carbonyl (C=O) groups excluding carboxylic acids is 2. The summed E-state index contributed by atoms with van der Waals surface area (Å²) in [6, 6.07) is -0.638. The van der Waals surface area contributed by atoms with Crippen molar-refractivity contribution in [2.75, 3.05) is 0 Å². The number of nitrogens with zero attached hydrogens (tertiary/aromatic N) is 2. The molecule has 1 aromatic rings. The number of aromatic nitrogens is 2. The maximum Gasteiger partial charge on any atom is 0.163 e. The first-order valence-electron chi connectivity index (χ1n) is 5.02. The van der Waals surface area contributed by atoms with Crippen LogP contribution in [0.4, 0.5) is 0 Å². The normalized spacial score (nSPS) is 22.0.